The Bertz CT molecular complexity index is 852. The van der Waals surface area contributed by atoms with Gasteiger partial charge in [0.05, 0.1) is 12.9 Å². The molecule has 1 aliphatic rings. The number of nitrogen functional groups attached to an aromatic ring is 1. The van der Waals surface area contributed by atoms with E-state index in [1.165, 1.54) is 6.33 Å². The number of hydrogen-bond acceptors (Lipinski definition) is 10. The van der Waals surface area contributed by atoms with Gasteiger partial charge in [0, 0.05) is 7.05 Å². The summed E-state index contributed by atoms with van der Waals surface area (Å²) in [6.07, 6.45) is -0.720. The Morgan fingerprint density at radius 1 is 1.56 bits per heavy atom. The molecule has 1 saturated heterocycles. The van der Waals surface area contributed by atoms with Crippen LogP contribution in [-0.2, 0) is 18.6 Å². The number of nitrogens with two attached hydrogens (primary N) is 1. The number of nitrogens with zero attached hydrogens (tertiary/aromatic N) is 4. The van der Waals surface area contributed by atoms with Crippen molar-refractivity contribution in [2.45, 2.75) is 23.8 Å². The second kappa shape index (κ2) is 8.38. The minimum atomic E-state index is -2.26. The van der Waals surface area contributed by atoms with Gasteiger partial charge in [0.2, 0.25) is 5.95 Å². The standard InChI is InChI=1S/C13H18ClN7O5P/c1-16-10-8-11(20-13(15)19-10)21(5-17-8)12-7(14)9(23)6(26-12)4-25-27(24)18-2-3-22/h3,5-7,9,12,23H,2,4H2,1H3,(H,18,24)(H3,15,16,19,20)/q+1/t6-,7+,9-,12-/m1/s1. The van der Waals surface area contributed by atoms with Crippen molar-refractivity contribution in [2.24, 2.45) is 0 Å². The Labute approximate surface area is 159 Å². The highest BCUT2D eigenvalue weighted by Crippen LogP contribution is 2.36. The molecule has 0 aromatic carbocycles. The van der Waals surface area contributed by atoms with Gasteiger partial charge in [-0.2, -0.15) is 9.97 Å². The molecule has 0 radical (unpaired) electrons. The fourth-order valence-corrected chi connectivity index (χ4v) is 3.60. The van der Waals surface area contributed by atoms with E-state index < -0.39 is 32.0 Å². The van der Waals surface area contributed by atoms with Crippen molar-refractivity contribution in [1.82, 2.24) is 24.6 Å². The molecule has 2 aromatic heterocycles. The van der Waals surface area contributed by atoms with Crippen LogP contribution in [0.25, 0.3) is 11.2 Å². The first-order chi connectivity index (χ1) is 13.0. The van der Waals surface area contributed by atoms with Crippen LogP contribution in [-0.4, -0.2) is 68.7 Å². The summed E-state index contributed by atoms with van der Waals surface area (Å²) in [5.74, 6) is 0.482. The number of alkyl halides is 1. The lowest BCUT2D eigenvalue weighted by atomic mass is 10.2. The number of fused-ring (bicyclic) bond motifs is 1. The highest BCUT2D eigenvalue weighted by Gasteiger charge is 2.45. The van der Waals surface area contributed by atoms with Crippen molar-refractivity contribution < 1.29 is 23.7 Å². The molecule has 14 heteroatoms. The van der Waals surface area contributed by atoms with Crippen LogP contribution in [0.5, 0.6) is 0 Å². The van der Waals surface area contributed by atoms with Crippen LogP contribution < -0.4 is 16.1 Å². The lowest BCUT2D eigenvalue weighted by Crippen LogP contribution is -2.30. The van der Waals surface area contributed by atoms with Gasteiger partial charge in [0.15, 0.2) is 23.2 Å². The molecule has 12 nitrogen and oxygen atoms in total. The molecule has 0 saturated carbocycles. The molecule has 146 valence electrons. The van der Waals surface area contributed by atoms with Crippen molar-refractivity contribution in [2.75, 3.05) is 31.2 Å². The maximum Gasteiger partial charge on any atom is 0.613 e. The molecule has 0 spiro atoms. The molecule has 5 atom stereocenters. The number of anilines is 2. The van der Waals surface area contributed by atoms with E-state index in [-0.39, 0.29) is 19.1 Å². The van der Waals surface area contributed by atoms with Gasteiger partial charge in [-0.05, 0) is 4.57 Å². The number of halogens is 1. The molecular formula is C13H18ClN7O5P+. The summed E-state index contributed by atoms with van der Waals surface area (Å²) in [5.41, 5.74) is 6.58. The van der Waals surface area contributed by atoms with E-state index in [2.05, 4.69) is 25.4 Å². The van der Waals surface area contributed by atoms with Crippen LogP contribution >= 0.6 is 19.8 Å². The van der Waals surface area contributed by atoms with Gasteiger partial charge < -0.3 is 25.7 Å². The highest BCUT2D eigenvalue weighted by atomic mass is 35.5. The number of rotatable bonds is 8. The normalized spacial score (nSPS) is 25.7. The smallest absolute Gasteiger partial charge is 0.389 e. The SMILES string of the molecule is CNc1nc(N)nc2c1ncn2[C@@H]1O[C@H](CO[P+](=O)NCC=O)[C@@H](O)[C@@H]1Cl. The predicted molar refractivity (Wildman–Crippen MR) is 96.5 cm³/mol. The molecule has 1 fully saturated rings. The Balaban J connectivity index is 1.78. The van der Waals surface area contributed by atoms with E-state index in [4.69, 9.17) is 26.6 Å². The van der Waals surface area contributed by atoms with E-state index in [9.17, 15) is 14.5 Å². The molecule has 5 N–H and O–H groups in total. The highest BCUT2D eigenvalue weighted by molar-refractivity contribution is 7.36. The molecule has 27 heavy (non-hydrogen) atoms. The number of ether oxygens (including phenoxy) is 1. The zero-order valence-electron chi connectivity index (χ0n) is 14.1. The number of nitrogens with one attached hydrogen (secondary N) is 2. The fraction of sp³-hybridized carbons (Fsp3) is 0.538. The molecule has 0 bridgehead atoms. The van der Waals surface area contributed by atoms with Gasteiger partial charge in [-0.1, -0.05) is 5.09 Å². The summed E-state index contributed by atoms with van der Waals surface area (Å²) >= 11 is 6.32. The minimum Gasteiger partial charge on any atom is -0.389 e. The number of carbonyl (C=O) groups is 1. The van der Waals surface area contributed by atoms with Crippen molar-refractivity contribution >= 4 is 49.0 Å². The average Bonchev–Trinajstić information content (AvgIpc) is 3.19. The summed E-state index contributed by atoms with van der Waals surface area (Å²) in [4.78, 5) is 22.7. The van der Waals surface area contributed by atoms with E-state index >= 15 is 0 Å². The maximum absolute atomic E-state index is 11.6. The summed E-state index contributed by atoms with van der Waals surface area (Å²) < 4.78 is 24.0. The number of aromatic nitrogens is 4. The van der Waals surface area contributed by atoms with Gasteiger partial charge >= 0.3 is 8.18 Å². The predicted octanol–water partition coefficient (Wildman–Crippen LogP) is -0.222. The zero-order valence-corrected chi connectivity index (χ0v) is 15.8. The van der Waals surface area contributed by atoms with Crippen LogP contribution in [0.15, 0.2) is 6.33 Å². The monoisotopic (exact) mass is 418 g/mol. The van der Waals surface area contributed by atoms with Gasteiger partial charge in [-0.15, -0.1) is 16.1 Å². The van der Waals surface area contributed by atoms with Crippen LogP contribution in [0.2, 0.25) is 0 Å². The van der Waals surface area contributed by atoms with Crippen LogP contribution in [0.4, 0.5) is 11.8 Å². The number of aliphatic hydroxyl groups excluding tert-OH is 1. The van der Waals surface area contributed by atoms with Crippen LogP contribution in [0, 0.1) is 0 Å². The van der Waals surface area contributed by atoms with Crippen molar-refractivity contribution in [3.05, 3.63) is 6.33 Å². The van der Waals surface area contributed by atoms with E-state index in [1.54, 1.807) is 11.6 Å². The number of imidazole rings is 1. The van der Waals surface area contributed by atoms with Gasteiger partial charge in [-0.25, -0.2) is 4.98 Å². The molecule has 1 aliphatic heterocycles. The number of aldehydes is 1. The third kappa shape index (κ3) is 4.00. The molecule has 3 heterocycles. The Hall–Kier alpha value is -1.95. The lowest BCUT2D eigenvalue weighted by molar-refractivity contribution is -0.106. The van der Waals surface area contributed by atoms with Crippen molar-refractivity contribution in [1.29, 1.82) is 0 Å². The first kappa shape index (κ1) is 19.8. The third-order valence-corrected chi connectivity index (χ3v) is 5.20. The lowest BCUT2D eigenvalue weighted by Gasteiger charge is -2.16. The summed E-state index contributed by atoms with van der Waals surface area (Å²) in [5, 5.41) is 14.7. The molecular weight excluding hydrogens is 401 g/mol. The average molecular weight is 419 g/mol. The molecule has 2 aromatic rings. The molecule has 3 rings (SSSR count). The number of hydrogen-bond donors (Lipinski definition) is 4. The van der Waals surface area contributed by atoms with E-state index in [1.807, 2.05) is 0 Å². The Kier molecular flexibility index (Phi) is 6.15. The van der Waals surface area contributed by atoms with Crippen LogP contribution in [0.3, 0.4) is 0 Å². The second-order valence-corrected chi connectivity index (χ2v) is 7.18. The van der Waals surface area contributed by atoms with E-state index in [0.29, 0.717) is 23.3 Å². The zero-order chi connectivity index (χ0) is 19.6. The van der Waals surface area contributed by atoms with Gasteiger partial charge in [0.25, 0.3) is 0 Å². The molecule has 0 aliphatic carbocycles. The van der Waals surface area contributed by atoms with Gasteiger partial charge in [0.1, 0.15) is 30.5 Å². The largest absolute Gasteiger partial charge is 0.613 e. The first-order valence-corrected chi connectivity index (χ1v) is 9.50. The number of carbonyl (C=O) groups excluding carboxylic acids is 1. The Morgan fingerprint density at radius 2 is 2.33 bits per heavy atom. The topological polar surface area (TPSA) is 167 Å². The maximum atomic E-state index is 11.6. The minimum absolute atomic E-state index is 0.0383. The molecule has 0 amide bonds. The van der Waals surface area contributed by atoms with Crippen molar-refractivity contribution in [3.63, 3.8) is 0 Å². The number of aliphatic hydroxyl groups is 1. The van der Waals surface area contributed by atoms with E-state index in [0.717, 1.165) is 0 Å². The molecule has 1 unspecified atom stereocenters. The summed E-state index contributed by atoms with van der Waals surface area (Å²) in [7, 11) is -0.590. The van der Waals surface area contributed by atoms with Crippen molar-refractivity contribution in [3.8, 4) is 0 Å². The summed E-state index contributed by atoms with van der Waals surface area (Å²) in [6.45, 7) is -0.298. The quantitative estimate of drug-likeness (QED) is 0.254. The van der Waals surface area contributed by atoms with Gasteiger partial charge in [-0.3, -0.25) is 4.57 Å². The summed E-state index contributed by atoms with van der Waals surface area (Å²) in [6, 6.07) is 0. The first-order valence-electron chi connectivity index (χ1n) is 7.89. The second-order valence-electron chi connectivity index (χ2n) is 5.59. The fourth-order valence-electron chi connectivity index (χ4n) is 2.66. The Morgan fingerprint density at radius 3 is 3.04 bits per heavy atom. The third-order valence-electron chi connectivity index (χ3n) is 3.90. The van der Waals surface area contributed by atoms with Crippen LogP contribution in [0.1, 0.15) is 6.23 Å².